The maximum atomic E-state index is 6.29. The summed E-state index contributed by atoms with van der Waals surface area (Å²) in [4.78, 5) is 3.21. The van der Waals surface area contributed by atoms with Crippen LogP contribution in [0.2, 0.25) is 5.02 Å². The van der Waals surface area contributed by atoms with Gasteiger partial charge in [0.1, 0.15) is 0 Å². The lowest BCUT2D eigenvalue weighted by Gasteiger charge is -2.07. The molecule has 0 saturated heterocycles. The molecule has 0 atom stereocenters. The summed E-state index contributed by atoms with van der Waals surface area (Å²) in [6.07, 6.45) is 0. The van der Waals surface area contributed by atoms with Gasteiger partial charge in [0.15, 0.2) is 4.77 Å². The Morgan fingerprint density at radius 1 is 1.21 bits per heavy atom. The van der Waals surface area contributed by atoms with Crippen LogP contribution in [0.25, 0.3) is 16.7 Å². The van der Waals surface area contributed by atoms with Gasteiger partial charge in [-0.15, -0.1) is 0 Å². The number of aromatic nitrogens is 2. The molecular weight excluding hydrogens is 458 g/mol. The molecule has 1 heterocycles. The maximum absolute atomic E-state index is 6.29. The van der Waals surface area contributed by atoms with E-state index in [1.807, 2.05) is 34.9 Å². The molecule has 0 amide bonds. The van der Waals surface area contributed by atoms with Gasteiger partial charge in [0, 0.05) is 8.04 Å². The lowest BCUT2D eigenvalue weighted by Crippen LogP contribution is -1.95. The third-order valence-electron chi connectivity index (χ3n) is 2.79. The largest absolute Gasteiger partial charge is 0.330 e. The number of H-pyrrole nitrogens is 1. The van der Waals surface area contributed by atoms with Gasteiger partial charge in [-0.05, 0) is 71.2 Å². The Balaban J connectivity index is 2.39. The van der Waals surface area contributed by atoms with Crippen LogP contribution in [0.1, 0.15) is 0 Å². The zero-order valence-electron chi connectivity index (χ0n) is 9.45. The Bertz CT molecular complexity index is 840. The van der Waals surface area contributed by atoms with Crippen molar-refractivity contribution in [3.05, 3.63) is 54.2 Å². The average Bonchev–Trinajstić information content (AvgIpc) is 2.67. The average molecular weight is 466 g/mol. The van der Waals surface area contributed by atoms with Crippen LogP contribution in [0.5, 0.6) is 0 Å². The summed E-state index contributed by atoms with van der Waals surface area (Å²) in [6.45, 7) is 0. The van der Waals surface area contributed by atoms with Gasteiger partial charge in [-0.25, -0.2) is 0 Å². The first-order valence-electron chi connectivity index (χ1n) is 5.42. The molecule has 3 rings (SSSR count). The molecule has 0 aliphatic carbocycles. The van der Waals surface area contributed by atoms with E-state index >= 15 is 0 Å². The monoisotopic (exact) mass is 464 g/mol. The highest BCUT2D eigenvalue weighted by molar-refractivity contribution is 14.1. The van der Waals surface area contributed by atoms with E-state index in [0.29, 0.717) is 9.79 Å². The Morgan fingerprint density at radius 2 is 2.00 bits per heavy atom. The molecule has 0 aliphatic rings. The van der Waals surface area contributed by atoms with Crippen molar-refractivity contribution in [3.63, 3.8) is 0 Å². The van der Waals surface area contributed by atoms with Gasteiger partial charge >= 0.3 is 0 Å². The fourth-order valence-corrected chi connectivity index (χ4v) is 3.33. The molecule has 2 aromatic carbocycles. The van der Waals surface area contributed by atoms with Crippen LogP contribution in [-0.2, 0) is 0 Å². The van der Waals surface area contributed by atoms with Gasteiger partial charge in [0.2, 0.25) is 0 Å². The topological polar surface area (TPSA) is 20.7 Å². The van der Waals surface area contributed by atoms with Gasteiger partial charge in [0.05, 0.1) is 21.7 Å². The fourth-order valence-electron chi connectivity index (χ4n) is 1.98. The van der Waals surface area contributed by atoms with Crippen molar-refractivity contribution in [2.24, 2.45) is 0 Å². The lowest BCUT2D eigenvalue weighted by atomic mass is 10.3. The highest BCUT2D eigenvalue weighted by atomic mass is 127. The summed E-state index contributed by atoms with van der Waals surface area (Å²) >= 11 is 17.4. The summed E-state index contributed by atoms with van der Waals surface area (Å²) in [5.74, 6) is 0. The minimum Gasteiger partial charge on any atom is -0.330 e. The van der Waals surface area contributed by atoms with Crippen molar-refractivity contribution in [2.75, 3.05) is 0 Å². The van der Waals surface area contributed by atoms with E-state index < -0.39 is 0 Å². The molecule has 96 valence electrons. The van der Waals surface area contributed by atoms with Crippen LogP contribution in [0, 0.1) is 8.34 Å². The standard InChI is InChI=1S/C13H7BrClIN2S/c14-7-1-3-9(15)12(5-7)18-11-4-2-8(16)6-10(11)17-13(18)19/h1-6H,(H,17,19). The van der Waals surface area contributed by atoms with Gasteiger partial charge in [-0.3, -0.25) is 4.57 Å². The number of hydrogen-bond donors (Lipinski definition) is 1. The van der Waals surface area contributed by atoms with E-state index in [-0.39, 0.29) is 0 Å². The molecular formula is C13H7BrClIN2S. The van der Waals surface area contributed by atoms with Gasteiger partial charge in [0.25, 0.3) is 0 Å². The van der Waals surface area contributed by atoms with Gasteiger partial charge in [-0.2, -0.15) is 0 Å². The predicted octanol–water partition coefficient (Wildman–Crippen LogP) is 5.71. The van der Waals surface area contributed by atoms with E-state index in [0.717, 1.165) is 24.8 Å². The molecule has 6 heteroatoms. The van der Waals surface area contributed by atoms with E-state index in [1.54, 1.807) is 0 Å². The third-order valence-corrected chi connectivity index (χ3v) is 4.56. The second-order valence-corrected chi connectivity index (χ2v) is 6.98. The second kappa shape index (κ2) is 5.20. The summed E-state index contributed by atoms with van der Waals surface area (Å²) in [5, 5.41) is 0.666. The second-order valence-electron chi connectivity index (χ2n) is 4.02. The van der Waals surface area contributed by atoms with E-state index in [4.69, 9.17) is 23.8 Å². The molecule has 0 spiro atoms. The number of fused-ring (bicyclic) bond motifs is 1. The van der Waals surface area contributed by atoms with Crippen molar-refractivity contribution in [1.29, 1.82) is 0 Å². The molecule has 0 fully saturated rings. The van der Waals surface area contributed by atoms with Crippen LogP contribution in [0.15, 0.2) is 40.9 Å². The minimum absolute atomic E-state index is 0.636. The number of benzene rings is 2. The van der Waals surface area contributed by atoms with Crippen molar-refractivity contribution >= 4 is 73.4 Å². The van der Waals surface area contributed by atoms with Crippen LogP contribution in [0.4, 0.5) is 0 Å². The van der Waals surface area contributed by atoms with Crippen molar-refractivity contribution in [1.82, 2.24) is 9.55 Å². The van der Waals surface area contributed by atoms with E-state index in [2.05, 4.69) is 49.6 Å². The van der Waals surface area contributed by atoms with Crippen molar-refractivity contribution in [3.8, 4) is 5.69 Å². The number of nitrogens with one attached hydrogen (secondary N) is 1. The Labute approximate surface area is 142 Å². The molecule has 1 N–H and O–H groups in total. The highest BCUT2D eigenvalue weighted by Crippen LogP contribution is 2.28. The quantitative estimate of drug-likeness (QED) is 0.361. The molecule has 1 aromatic heterocycles. The number of nitrogens with zero attached hydrogens (tertiary/aromatic N) is 1. The van der Waals surface area contributed by atoms with Crippen molar-refractivity contribution < 1.29 is 0 Å². The van der Waals surface area contributed by atoms with E-state index in [1.165, 1.54) is 0 Å². The molecule has 19 heavy (non-hydrogen) atoms. The molecule has 0 aliphatic heterocycles. The number of halogens is 3. The summed E-state index contributed by atoms with van der Waals surface area (Å²) in [6, 6.07) is 11.9. The highest BCUT2D eigenvalue weighted by Gasteiger charge is 2.10. The first kappa shape index (κ1) is 13.6. The smallest absolute Gasteiger partial charge is 0.182 e. The Kier molecular flexibility index (Phi) is 3.72. The normalized spacial score (nSPS) is 11.1. The van der Waals surface area contributed by atoms with Gasteiger partial charge < -0.3 is 4.98 Å². The Morgan fingerprint density at radius 3 is 2.79 bits per heavy atom. The number of rotatable bonds is 1. The lowest BCUT2D eigenvalue weighted by molar-refractivity contribution is 1.06. The predicted molar refractivity (Wildman–Crippen MR) is 93.9 cm³/mol. The van der Waals surface area contributed by atoms with Crippen LogP contribution in [0.3, 0.4) is 0 Å². The zero-order valence-corrected chi connectivity index (χ0v) is 14.8. The Hall–Kier alpha value is -0.370. The molecule has 2 nitrogen and oxygen atoms in total. The molecule has 0 unspecified atom stereocenters. The fraction of sp³-hybridized carbons (Fsp3) is 0. The van der Waals surface area contributed by atoms with Gasteiger partial charge in [-0.1, -0.05) is 27.5 Å². The molecule has 0 bridgehead atoms. The van der Waals surface area contributed by atoms with E-state index in [9.17, 15) is 0 Å². The summed E-state index contributed by atoms with van der Waals surface area (Å²) < 4.78 is 4.72. The zero-order chi connectivity index (χ0) is 13.6. The first-order chi connectivity index (χ1) is 9.06. The maximum Gasteiger partial charge on any atom is 0.182 e. The number of hydrogen-bond acceptors (Lipinski definition) is 1. The van der Waals surface area contributed by atoms with Crippen LogP contribution >= 0.6 is 62.3 Å². The molecule has 0 saturated carbocycles. The molecule has 0 radical (unpaired) electrons. The van der Waals surface area contributed by atoms with Crippen LogP contribution in [-0.4, -0.2) is 9.55 Å². The van der Waals surface area contributed by atoms with Crippen LogP contribution < -0.4 is 0 Å². The summed E-state index contributed by atoms with van der Waals surface area (Å²) in [7, 11) is 0. The SMILES string of the molecule is S=c1[nH]c2cc(I)ccc2n1-c1cc(Br)ccc1Cl. The minimum atomic E-state index is 0.636. The number of imidazole rings is 1. The third kappa shape index (κ3) is 2.49. The number of aromatic amines is 1. The molecule has 3 aromatic rings. The summed E-state index contributed by atoms with van der Waals surface area (Å²) in [5.41, 5.74) is 2.90. The first-order valence-corrected chi connectivity index (χ1v) is 8.08. The van der Waals surface area contributed by atoms with Crippen molar-refractivity contribution in [2.45, 2.75) is 0 Å².